The lowest BCUT2D eigenvalue weighted by atomic mass is 9.83. The smallest absolute Gasteiger partial charge is 0.321 e. The number of benzene rings is 1. The van der Waals surface area contributed by atoms with Gasteiger partial charge in [0.2, 0.25) is 0 Å². The fraction of sp³-hybridized carbons (Fsp3) is 0.529. The van der Waals surface area contributed by atoms with Crippen LogP contribution < -0.4 is 5.73 Å². The van der Waals surface area contributed by atoms with Gasteiger partial charge in [-0.3, -0.25) is 9.59 Å². The molecule has 0 heterocycles. The summed E-state index contributed by atoms with van der Waals surface area (Å²) in [6.07, 6.45) is 5.81. The highest BCUT2D eigenvalue weighted by Gasteiger charge is 2.27. The summed E-state index contributed by atoms with van der Waals surface area (Å²) >= 11 is 10.5. The van der Waals surface area contributed by atoms with Gasteiger partial charge in [-0.1, -0.05) is 60.6 Å². The Balaban J connectivity index is 0.00000139. The molecular weight excluding hydrogens is 414 g/mol. The van der Waals surface area contributed by atoms with Gasteiger partial charge in [0.05, 0.1) is 0 Å². The number of halogens is 2. The molecule has 0 aliphatic heterocycles. The third-order valence-corrected chi connectivity index (χ3v) is 5.79. The largest absolute Gasteiger partial charge is 0.480 e. The lowest BCUT2D eigenvalue weighted by molar-refractivity contribution is -0.136. The SMILES string of the molecule is CC.NC(=O)SC(C(=O)O)c1cc(Cl)c(C2CCCCC2)c(Br)c1. The molecule has 1 saturated carbocycles. The molecule has 0 aromatic heterocycles. The third-order valence-electron chi connectivity index (χ3n) is 3.88. The molecule has 0 spiro atoms. The Hall–Kier alpha value is -0.720. The van der Waals surface area contributed by atoms with Crippen molar-refractivity contribution in [1.29, 1.82) is 0 Å². The number of hydrogen-bond acceptors (Lipinski definition) is 3. The highest BCUT2D eigenvalue weighted by atomic mass is 79.9. The molecule has 2 rings (SSSR count). The van der Waals surface area contributed by atoms with Crippen molar-refractivity contribution in [2.45, 2.75) is 57.1 Å². The number of rotatable bonds is 4. The topological polar surface area (TPSA) is 80.4 Å². The lowest BCUT2D eigenvalue weighted by Gasteiger charge is -2.25. The summed E-state index contributed by atoms with van der Waals surface area (Å²) in [5, 5.41) is 8.06. The molecule has 134 valence electrons. The predicted octanol–water partition coefficient (Wildman–Crippen LogP) is 6.11. The quantitative estimate of drug-likeness (QED) is 0.596. The van der Waals surface area contributed by atoms with Crippen LogP contribution in [0.4, 0.5) is 4.79 Å². The van der Waals surface area contributed by atoms with E-state index in [4.69, 9.17) is 17.3 Å². The first-order valence-electron chi connectivity index (χ1n) is 8.08. The van der Waals surface area contributed by atoms with Gasteiger partial charge in [-0.2, -0.15) is 0 Å². The van der Waals surface area contributed by atoms with Crippen molar-refractivity contribution in [1.82, 2.24) is 0 Å². The summed E-state index contributed by atoms with van der Waals surface area (Å²) in [6, 6.07) is 3.38. The second-order valence-electron chi connectivity index (χ2n) is 5.39. The number of primary amides is 1. The van der Waals surface area contributed by atoms with Crippen LogP contribution >= 0.6 is 39.3 Å². The number of carboxylic acids is 1. The lowest BCUT2D eigenvalue weighted by Crippen LogP contribution is -2.14. The average Bonchev–Trinajstić information content (AvgIpc) is 2.54. The maximum atomic E-state index is 11.4. The number of carbonyl (C=O) groups excluding carboxylic acids is 1. The minimum atomic E-state index is -1.11. The number of carbonyl (C=O) groups is 2. The number of nitrogens with two attached hydrogens (primary N) is 1. The van der Waals surface area contributed by atoms with Crippen molar-refractivity contribution in [2.75, 3.05) is 0 Å². The summed E-state index contributed by atoms with van der Waals surface area (Å²) in [5.74, 6) is -0.714. The fourth-order valence-electron chi connectivity index (χ4n) is 2.91. The molecule has 24 heavy (non-hydrogen) atoms. The van der Waals surface area contributed by atoms with Crippen LogP contribution in [0.1, 0.15) is 68.2 Å². The van der Waals surface area contributed by atoms with E-state index in [9.17, 15) is 14.7 Å². The molecule has 4 nitrogen and oxygen atoms in total. The summed E-state index contributed by atoms with van der Waals surface area (Å²) in [6.45, 7) is 4.00. The molecule has 0 saturated heterocycles. The van der Waals surface area contributed by atoms with E-state index < -0.39 is 16.5 Å². The molecule has 1 aromatic rings. The predicted molar refractivity (Wildman–Crippen MR) is 104 cm³/mol. The first-order valence-corrected chi connectivity index (χ1v) is 10.1. The van der Waals surface area contributed by atoms with Crippen molar-refractivity contribution in [3.8, 4) is 0 Å². The summed E-state index contributed by atoms with van der Waals surface area (Å²) in [4.78, 5) is 22.4. The second-order valence-corrected chi connectivity index (χ2v) is 7.76. The van der Waals surface area contributed by atoms with Gasteiger partial charge in [0, 0.05) is 9.50 Å². The van der Waals surface area contributed by atoms with Crippen LogP contribution in [0, 0.1) is 0 Å². The molecule has 7 heteroatoms. The number of carboxylic acid groups (broad SMARTS) is 1. The van der Waals surface area contributed by atoms with Crippen molar-refractivity contribution in [2.24, 2.45) is 5.73 Å². The molecule has 1 aliphatic rings. The Morgan fingerprint density at radius 3 is 2.33 bits per heavy atom. The highest BCUT2D eigenvalue weighted by molar-refractivity contribution is 9.10. The van der Waals surface area contributed by atoms with Gasteiger partial charge in [-0.25, -0.2) is 0 Å². The van der Waals surface area contributed by atoms with E-state index in [1.807, 2.05) is 13.8 Å². The van der Waals surface area contributed by atoms with E-state index >= 15 is 0 Å². The molecule has 3 N–H and O–H groups in total. The summed E-state index contributed by atoms with van der Waals surface area (Å²) in [5.41, 5.74) is 6.61. The van der Waals surface area contributed by atoms with Crippen LogP contribution in [-0.2, 0) is 4.79 Å². The number of aliphatic carboxylic acids is 1. The van der Waals surface area contributed by atoms with Gasteiger partial charge < -0.3 is 10.8 Å². The van der Waals surface area contributed by atoms with Crippen molar-refractivity contribution >= 4 is 50.5 Å². The van der Waals surface area contributed by atoms with Crippen LogP contribution in [0.2, 0.25) is 5.02 Å². The standard InChI is InChI=1S/C15H17BrClNO3S.C2H6/c16-10-6-9(13(14(19)20)22-15(18)21)7-11(17)12(10)8-4-2-1-3-5-8;1-2/h6-8,13H,1-5H2,(H2,18,21)(H,19,20);1-2H3. The maximum absolute atomic E-state index is 11.4. The Morgan fingerprint density at radius 1 is 1.29 bits per heavy atom. The van der Waals surface area contributed by atoms with Crippen LogP contribution in [0.25, 0.3) is 0 Å². The zero-order valence-corrected chi connectivity index (χ0v) is 17.0. The fourth-order valence-corrected chi connectivity index (χ4v) is 4.82. The minimum absolute atomic E-state index is 0.400. The molecule has 0 bridgehead atoms. The van der Waals surface area contributed by atoms with E-state index in [0.717, 1.165) is 22.9 Å². The highest BCUT2D eigenvalue weighted by Crippen LogP contribution is 2.43. The molecule has 1 unspecified atom stereocenters. The Morgan fingerprint density at radius 2 is 1.88 bits per heavy atom. The van der Waals surface area contributed by atoms with Gasteiger partial charge in [0.1, 0.15) is 5.25 Å². The third kappa shape index (κ3) is 5.67. The van der Waals surface area contributed by atoms with Gasteiger partial charge in [-0.15, -0.1) is 0 Å². The van der Waals surface area contributed by atoms with Gasteiger partial charge in [-0.05, 0) is 53.8 Å². The van der Waals surface area contributed by atoms with Crippen molar-refractivity contribution < 1.29 is 14.7 Å². The van der Waals surface area contributed by atoms with E-state index in [1.54, 1.807) is 12.1 Å². The van der Waals surface area contributed by atoms with E-state index in [-0.39, 0.29) is 0 Å². The van der Waals surface area contributed by atoms with E-state index in [1.165, 1.54) is 19.3 Å². The monoisotopic (exact) mass is 435 g/mol. The van der Waals surface area contributed by atoms with Gasteiger partial charge in [0.15, 0.2) is 0 Å². The molecule has 1 atom stereocenters. The molecule has 1 aliphatic carbocycles. The Bertz CT molecular complexity index is 568. The number of amides is 1. The Kier molecular flexibility index (Phi) is 9.16. The summed E-state index contributed by atoms with van der Waals surface area (Å²) in [7, 11) is 0. The second kappa shape index (κ2) is 10.3. The zero-order valence-electron chi connectivity index (χ0n) is 13.9. The van der Waals surface area contributed by atoms with E-state index in [0.29, 0.717) is 28.3 Å². The van der Waals surface area contributed by atoms with Crippen molar-refractivity contribution in [3.63, 3.8) is 0 Å². The molecule has 1 fully saturated rings. The molecule has 0 radical (unpaired) electrons. The number of thioether (sulfide) groups is 1. The average molecular weight is 437 g/mol. The maximum Gasteiger partial charge on any atom is 0.321 e. The van der Waals surface area contributed by atoms with Crippen LogP contribution in [0.3, 0.4) is 0 Å². The first kappa shape index (κ1) is 21.3. The zero-order chi connectivity index (χ0) is 18.3. The van der Waals surface area contributed by atoms with Crippen LogP contribution in [-0.4, -0.2) is 16.3 Å². The molecular formula is C17H23BrClNO3S. The first-order chi connectivity index (χ1) is 11.4. The van der Waals surface area contributed by atoms with Gasteiger partial charge >= 0.3 is 5.97 Å². The molecule has 1 amide bonds. The normalized spacial score (nSPS) is 16.0. The Labute approximate surface area is 160 Å². The van der Waals surface area contributed by atoms with Gasteiger partial charge in [0.25, 0.3) is 5.24 Å². The van der Waals surface area contributed by atoms with Crippen molar-refractivity contribution in [3.05, 3.63) is 32.8 Å². The van der Waals surface area contributed by atoms with Crippen LogP contribution in [0.15, 0.2) is 16.6 Å². The molecule has 1 aromatic carbocycles. The summed E-state index contributed by atoms with van der Waals surface area (Å²) < 4.78 is 0.804. The minimum Gasteiger partial charge on any atom is -0.480 e. The number of hydrogen-bond donors (Lipinski definition) is 2. The van der Waals surface area contributed by atoms with E-state index in [2.05, 4.69) is 15.9 Å². The van der Waals surface area contributed by atoms with Crippen LogP contribution in [0.5, 0.6) is 0 Å².